The molecule has 2 N–H and O–H groups in total. The number of rotatable bonds is 6. The zero-order valence-electron chi connectivity index (χ0n) is 13.0. The van der Waals surface area contributed by atoms with Gasteiger partial charge in [-0.25, -0.2) is 9.97 Å². The number of anilines is 1. The predicted octanol–water partition coefficient (Wildman–Crippen LogP) is 2.42. The molecule has 0 saturated carbocycles. The molecule has 1 amide bonds. The largest absolute Gasteiger partial charge is 0.373 e. The molecule has 0 aliphatic heterocycles. The Morgan fingerprint density at radius 1 is 1.39 bits per heavy atom. The van der Waals surface area contributed by atoms with Crippen molar-refractivity contribution in [3.8, 4) is 10.8 Å². The van der Waals surface area contributed by atoms with Crippen LogP contribution in [0.4, 0.5) is 5.82 Å². The smallest absolute Gasteiger partial charge is 0.251 e. The van der Waals surface area contributed by atoms with E-state index >= 15 is 0 Å². The van der Waals surface area contributed by atoms with Crippen molar-refractivity contribution in [1.29, 1.82) is 0 Å². The topological polar surface area (TPSA) is 84.2 Å². The standard InChI is InChI=1S/C15H18N6OS/c1-3-4-5-17-14(22)10-8-11(16-2)21-12(9-10)19-13(20-21)15-18-6-7-23-15/h6-9,16H,3-5H2,1-2H3,(H,17,22). The fraction of sp³-hybridized carbons (Fsp3) is 0.333. The SMILES string of the molecule is CCCCNC(=O)c1cc(NC)n2nc(-c3nccs3)nc2c1. The number of pyridine rings is 1. The number of carbonyl (C=O) groups excluding carboxylic acids is 1. The third kappa shape index (κ3) is 3.16. The van der Waals surface area contributed by atoms with Gasteiger partial charge in [0.1, 0.15) is 5.82 Å². The molecule has 0 radical (unpaired) electrons. The molecule has 3 rings (SSSR count). The second-order valence-electron chi connectivity index (χ2n) is 5.03. The molecule has 7 nitrogen and oxygen atoms in total. The van der Waals surface area contributed by atoms with Gasteiger partial charge in [-0.15, -0.1) is 16.4 Å². The van der Waals surface area contributed by atoms with Gasteiger partial charge in [0.05, 0.1) is 0 Å². The number of fused-ring (bicyclic) bond motifs is 1. The summed E-state index contributed by atoms with van der Waals surface area (Å²) in [6.07, 6.45) is 3.73. The van der Waals surface area contributed by atoms with E-state index in [0.29, 0.717) is 29.4 Å². The van der Waals surface area contributed by atoms with E-state index in [1.807, 2.05) is 5.38 Å². The average molecular weight is 330 g/mol. The zero-order chi connectivity index (χ0) is 16.2. The molecular weight excluding hydrogens is 312 g/mol. The summed E-state index contributed by atoms with van der Waals surface area (Å²) in [5.74, 6) is 1.16. The molecule has 0 spiro atoms. The maximum atomic E-state index is 12.3. The van der Waals surface area contributed by atoms with Crippen LogP contribution in [0.3, 0.4) is 0 Å². The van der Waals surface area contributed by atoms with Crippen molar-refractivity contribution >= 4 is 28.7 Å². The molecule has 0 aliphatic carbocycles. The molecule has 0 unspecified atom stereocenters. The van der Waals surface area contributed by atoms with Crippen molar-refractivity contribution < 1.29 is 4.79 Å². The maximum Gasteiger partial charge on any atom is 0.251 e. The minimum atomic E-state index is -0.101. The third-order valence-electron chi connectivity index (χ3n) is 3.40. The summed E-state index contributed by atoms with van der Waals surface area (Å²) in [5, 5.41) is 13.1. The van der Waals surface area contributed by atoms with Crippen LogP contribution in [0, 0.1) is 0 Å². The lowest BCUT2D eigenvalue weighted by Crippen LogP contribution is -2.24. The van der Waals surface area contributed by atoms with E-state index in [9.17, 15) is 4.79 Å². The third-order valence-corrected chi connectivity index (χ3v) is 4.16. The van der Waals surface area contributed by atoms with Gasteiger partial charge < -0.3 is 10.6 Å². The van der Waals surface area contributed by atoms with E-state index in [-0.39, 0.29) is 5.91 Å². The number of nitrogens with zero attached hydrogens (tertiary/aromatic N) is 4. The van der Waals surface area contributed by atoms with Crippen LogP contribution >= 0.6 is 11.3 Å². The van der Waals surface area contributed by atoms with Crippen molar-refractivity contribution in [2.75, 3.05) is 18.9 Å². The monoisotopic (exact) mass is 330 g/mol. The average Bonchev–Trinajstić information content (AvgIpc) is 3.22. The van der Waals surface area contributed by atoms with Gasteiger partial charge in [0, 0.05) is 30.7 Å². The van der Waals surface area contributed by atoms with Crippen molar-refractivity contribution in [1.82, 2.24) is 24.9 Å². The van der Waals surface area contributed by atoms with Crippen LogP contribution in [-0.2, 0) is 0 Å². The van der Waals surface area contributed by atoms with Crippen LogP contribution in [-0.4, -0.2) is 39.1 Å². The summed E-state index contributed by atoms with van der Waals surface area (Å²) in [4.78, 5) is 21.0. The first-order valence-corrected chi connectivity index (χ1v) is 8.37. The molecule has 3 aromatic heterocycles. The number of nitrogens with one attached hydrogen (secondary N) is 2. The molecule has 0 saturated heterocycles. The highest BCUT2D eigenvalue weighted by Gasteiger charge is 2.14. The number of hydrogen-bond acceptors (Lipinski definition) is 6. The van der Waals surface area contributed by atoms with E-state index in [2.05, 4.69) is 32.6 Å². The highest BCUT2D eigenvalue weighted by Crippen LogP contribution is 2.21. The maximum absolute atomic E-state index is 12.3. The van der Waals surface area contributed by atoms with Crippen LogP contribution in [0.5, 0.6) is 0 Å². The van der Waals surface area contributed by atoms with Gasteiger partial charge in [-0.1, -0.05) is 13.3 Å². The number of amides is 1. The van der Waals surface area contributed by atoms with Crippen LogP contribution < -0.4 is 10.6 Å². The minimum Gasteiger partial charge on any atom is -0.373 e. The van der Waals surface area contributed by atoms with Gasteiger partial charge in [0.15, 0.2) is 10.7 Å². The summed E-state index contributed by atoms with van der Waals surface area (Å²) in [5.41, 5.74) is 1.18. The Kier molecular flexibility index (Phi) is 4.52. The molecule has 3 aromatic rings. The van der Waals surface area contributed by atoms with Crippen molar-refractivity contribution in [2.24, 2.45) is 0 Å². The van der Waals surface area contributed by atoms with Crippen LogP contribution in [0.25, 0.3) is 16.5 Å². The predicted molar refractivity (Wildman–Crippen MR) is 90.9 cm³/mol. The summed E-state index contributed by atoms with van der Waals surface area (Å²) in [6.45, 7) is 2.76. The molecular formula is C15H18N6OS. The highest BCUT2D eigenvalue weighted by molar-refractivity contribution is 7.13. The molecule has 0 aliphatic rings. The zero-order valence-corrected chi connectivity index (χ0v) is 13.9. The molecule has 23 heavy (non-hydrogen) atoms. The van der Waals surface area contributed by atoms with E-state index < -0.39 is 0 Å². The lowest BCUT2D eigenvalue weighted by atomic mass is 10.2. The molecule has 0 atom stereocenters. The first kappa shape index (κ1) is 15.4. The van der Waals surface area contributed by atoms with E-state index in [4.69, 9.17) is 0 Å². The Bertz CT molecular complexity index is 811. The Labute approximate surface area is 137 Å². The van der Waals surface area contributed by atoms with Crippen LogP contribution in [0.1, 0.15) is 30.1 Å². The number of hydrogen-bond donors (Lipinski definition) is 2. The highest BCUT2D eigenvalue weighted by atomic mass is 32.1. The number of unbranched alkanes of at least 4 members (excludes halogenated alkanes) is 1. The second-order valence-corrected chi connectivity index (χ2v) is 5.93. The lowest BCUT2D eigenvalue weighted by molar-refractivity contribution is 0.0953. The van der Waals surface area contributed by atoms with Gasteiger partial charge in [0.2, 0.25) is 5.82 Å². The summed E-state index contributed by atoms with van der Waals surface area (Å²) in [6, 6.07) is 3.51. The molecule has 3 heterocycles. The quantitative estimate of drug-likeness (QED) is 0.678. The normalized spacial score (nSPS) is 10.9. The molecule has 0 aromatic carbocycles. The fourth-order valence-corrected chi connectivity index (χ4v) is 2.76. The first-order chi connectivity index (χ1) is 11.2. The Morgan fingerprint density at radius 3 is 2.96 bits per heavy atom. The number of aromatic nitrogens is 4. The molecule has 0 bridgehead atoms. The van der Waals surface area contributed by atoms with Crippen LogP contribution in [0.15, 0.2) is 23.7 Å². The number of carbonyl (C=O) groups is 1. The van der Waals surface area contributed by atoms with Gasteiger partial charge >= 0.3 is 0 Å². The minimum absolute atomic E-state index is 0.101. The van der Waals surface area contributed by atoms with Gasteiger partial charge in [-0.3, -0.25) is 4.79 Å². The summed E-state index contributed by atoms with van der Waals surface area (Å²) in [7, 11) is 1.79. The van der Waals surface area contributed by atoms with E-state index in [1.165, 1.54) is 11.3 Å². The second kappa shape index (κ2) is 6.74. The van der Waals surface area contributed by atoms with Gasteiger partial charge in [0.25, 0.3) is 5.91 Å². The lowest BCUT2D eigenvalue weighted by Gasteiger charge is -2.08. The summed E-state index contributed by atoms with van der Waals surface area (Å²) >= 11 is 1.48. The molecule has 8 heteroatoms. The van der Waals surface area contributed by atoms with Gasteiger partial charge in [-0.05, 0) is 18.6 Å². The van der Waals surface area contributed by atoms with Crippen molar-refractivity contribution in [3.63, 3.8) is 0 Å². The molecule has 0 fully saturated rings. The van der Waals surface area contributed by atoms with Crippen molar-refractivity contribution in [2.45, 2.75) is 19.8 Å². The summed E-state index contributed by atoms with van der Waals surface area (Å²) < 4.78 is 1.68. The Balaban J connectivity index is 1.97. The molecule has 120 valence electrons. The number of thiazole rings is 1. The van der Waals surface area contributed by atoms with E-state index in [0.717, 1.165) is 17.8 Å². The first-order valence-electron chi connectivity index (χ1n) is 7.49. The van der Waals surface area contributed by atoms with Crippen LogP contribution in [0.2, 0.25) is 0 Å². The van der Waals surface area contributed by atoms with Gasteiger partial charge in [-0.2, -0.15) is 4.52 Å². The van der Waals surface area contributed by atoms with Crippen molar-refractivity contribution in [3.05, 3.63) is 29.3 Å². The Morgan fingerprint density at radius 2 is 2.26 bits per heavy atom. The fourth-order valence-electron chi connectivity index (χ4n) is 2.20. The van der Waals surface area contributed by atoms with E-state index in [1.54, 1.807) is 29.9 Å². The Hall–Kier alpha value is -2.48.